The molecule has 0 aliphatic heterocycles. The molecule has 3 N–H and O–H groups in total. The van der Waals surface area contributed by atoms with Crippen LogP contribution in [0.3, 0.4) is 0 Å². The van der Waals surface area contributed by atoms with Crippen LogP contribution in [0.15, 0.2) is 0 Å². The molecule has 0 aliphatic rings. The molecule has 0 bridgehead atoms. The third-order valence-corrected chi connectivity index (χ3v) is 23.3. The highest BCUT2D eigenvalue weighted by Gasteiger charge is 2.31. The van der Waals surface area contributed by atoms with E-state index >= 15 is 0 Å². The zero-order valence-electron chi connectivity index (χ0n) is 71.0. The summed E-state index contributed by atoms with van der Waals surface area (Å²) in [5.74, 6) is -1.22. The van der Waals surface area contributed by atoms with Crippen LogP contribution in [-0.4, -0.2) is 96.7 Å². The van der Waals surface area contributed by atoms with Crippen molar-refractivity contribution in [1.82, 2.24) is 0 Å². The number of aliphatic hydroxyl groups excluding tert-OH is 1. The van der Waals surface area contributed by atoms with Crippen molar-refractivity contribution in [3.05, 3.63) is 0 Å². The van der Waals surface area contributed by atoms with E-state index in [0.29, 0.717) is 25.7 Å². The lowest BCUT2D eigenvalue weighted by molar-refractivity contribution is -0.161. The van der Waals surface area contributed by atoms with E-state index in [9.17, 15) is 43.2 Å². The number of aliphatic hydroxyl groups is 1. The van der Waals surface area contributed by atoms with Crippen LogP contribution in [0.1, 0.15) is 484 Å². The fourth-order valence-corrected chi connectivity index (χ4v) is 15.5. The Morgan fingerprint density at radius 1 is 0.259 bits per heavy atom. The first-order valence-corrected chi connectivity index (χ1v) is 49.2. The fourth-order valence-electron chi connectivity index (χ4n) is 14.0. The van der Waals surface area contributed by atoms with Crippen LogP contribution < -0.4 is 0 Å². The van der Waals surface area contributed by atoms with Gasteiger partial charge in [0.15, 0.2) is 12.2 Å². The Labute approximate surface area is 664 Å². The molecule has 0 amide bonds. The number of carbonyl (C=O) groups excluding carboxylic acids is 4. The molecule has 0 aromatic rings. The molecule has 0 saturated carbocycles. The summed E-state index contributed by atoms with van der Waals surface area (Å²) in [6, 6.07) is 0. The topological polar surface area (TPSA) is 237 Å². The summed E-state index contributed by atoms with van der Waals surface area (Å²) in [6.45, 7) is 7.45. The van der Waals surface area contributed by atoms with Crippen LogP contribution in [-0.2, 0) is 65.4 Å². The quantitative estimate of drug-likeness (QED) is 0.0222. The molecular weight excluding hydrogens is 1400 g/mol. The molecule has 0 rings (SSSR count). The third-order valence-electron chi connectivity index (χ3n) is 21.4. The van der Waals surface area contributed by atoms with E-state index in [1.807, 2.05) is 0 Å². The van der Waals surface area contributed by atoms with E-state index in [4.69, 9.17) is 37.0 Å². The van der Waals surface area contributed by atoms with Crippen LogP contribution >= 0.6 is 15.6 Å². The Hall–Kier alpha value is -1.94. The zero-order chi connectivity index (χ0) is 79.0. The summed E-state index contributed by atoms with van der Waals surface area (Å²) in [7, 11) is -9.93. The summed E-state index contributed by atoms with van der Waals surface area (Å²) in [4.78, 5) is 73.3. The molecule has 19 heteroatoms. The molecule has 0 radical (unpaired) electrons. The first kappa shape index (κ1) is 106. The number of unbranched alkanes of at least 4 members (excludes halogenated alkanes) is 60. The smallest absolute Gasteiger partial charge is 0.462 e. The Balaban J connectivity index is 5.23. The predicted molar refractivity (Wildman–Crippen MR) is 446 cm³/mol. The SMILES string of the molecule is CCCCCCCCCCCCCCCCCCCCCCC(=O)OC[C@H](COP(=O)(O)OC[C@@H](O)COP(=O)(O)OC[C@@H](COC(=O)CCCCCCCCCCCCCCC)OC(=O)CCCCCCCCCCCCCCC)OC(=O)CCCCCCCCCCCCCCCCCCCCC(C)CC. The van der Waals surface area contributed by atoms with Gasteiger partial charge in [0.2, 0.25) is 0 Å². The molecular formula is C89H174O17P2. The maximum atomic E-state index is 13.2. The van der Waals surface area contributed by atoms with Gasteiger partial charge in [-0.2, -0.15) is 0 Å². The minimum Gasteiger partial charge on any atom is -0.462 e. The van der Waals surface area contributed by atoms with Crippen molar-refractivity contribution in [3.63, 3.8) is 0 Å². The molecule has 0 aromatic heterocycles. The first-order chi connectivity index (χ1) is 52.6. The highest BCUT2D eigenvalue weighted by Crippen LogP contribution is 2.45. The average Bonchev–Trinajstić information content (AvgIpc) is 0.902. The first-order valence-electron chi connectivity index (χ1n) is 46.2. The van der Waals surface area contributed by atoms with Crippen molar-refractivity contribution in [2.75, 3.05) is 39.6 Å². The highest BCUT2D eigenvalue weighted by molar-refractivity contribution is 7.47. The van der Waals surface area contributed by atoms with Gasteiger partial charge in [0.25, 0.3) is 0 Å². The van der Waals surface area contributed by atoms with Crippen LogP contribution in [0, 0.1) is 5.92 Å². The van der Waals surface area contributed by atoms with Gasteiger partial charge in [-0.05, 0) is 31.6 Å². The zero-order valence-corrected chi connectivity index (χ0v) is 72.8. The van der Waals surface area contributed by atoms with Crippen molar-refractivity contribution >= 4 is 39.5 Å². The summed E-state index contributed by atoms with van der Waals surface area (Å²) in [5, 5.41) is 10.7. The Morgan fingerprint density at radius 3 is 0.657 bits per heavy atom. The normalized spacial score (nSPS) is 14.0. The minimum atomic E-state index is -4.97. The van der Waals surface area contributed by atoms with Crippen LogP contribution in [0.25, 0.3) is 0 Å². The fraction of sp³-hybridized carbons (Fsp3) is 0.955. The van der Waals surface area contributed by atoms with Crippen molar-refractivity contribution in [2.45, 2.75) is 502 Å². The molecule has 108 heavy (non-hydrogen) atoms. The van der Waals surface area contributed by atoms with Gasteiger partial charge in [-0.1, -0.05) is 433 Å². The van der Waals surface area contributed by atoms with Gasteiger partial charge in [-0.25, -0.2) is 9.13 Å². The number of rotatable bonds is 89. The van der Waals surface area contributed by atoms with E-state index in [1.54, 1.807) is 0 Å². The summed E-state index contributed by atoms with van der Waals surface area (Å²) in [5.41, 5.74) is 0. The molecule has 0 saturated heterocycles. The lowest BCUT2D eigenvalue weighted by Crippen LogP contribution is -2.30. The maximum absolute atomic E-state index is 13.2. The number of phosphoric ester groups is 2. The molecule has 0 fully saturated rings. The molecule has 3 unspecified atom stereocenters. The highest BCUT2D eigenvalue weighted by atomic mass is 31.2. The van der Waals surface area contributed by atoms with Gasteiger partial charge in [0, 0.05) is 25.7 Å². The monoisotopic (exact) mass is 1580 g/mol. The number of phosphoric acid groups is 2. The van der Waals surface area contributed by atoms with Gasteiger partial charge in [0.1, 0.15) is 19.3 Å². The van der Waals surface area contributed by atoms with Crippen molar-refractivity contribution in [1.29, 1.82) is 0 Å². The molecule has 0 aliphatic carbocycles. The number of hydrogen-bond acceptors (Lipinski definition) is 15. The van der Waals surface area contributed by atoms with Gasteiger partial charge < -0.3 is 33.8 Å². The second-order valence-electron chi connectivity index (χ2n) is 32.2. The summed E-state index contributed by atoms with van der Waals surface area (Å²) in [6.07, 6.45) is 76.3. The van der Waals surface area contributed by atoms with Crippen LogP contribution in [0.5, 0.6) is 0 Å². The van der Waals surface area contributed by atoms with Gasteiger partial charge >= 0.3 is 39.5 Å². The van der Waals surface area contributed by atoms with E-state index in [1.165, 1.54) is 308 Å². The Morgan fingerprint density at radius 2 is 0.444 bits per heavy atom. The average molecular weight is 1580 g/mol. The van der Waals surface area contributed by atoms with Gasteiger partial charge in [-0.15, -0.1) is 0 Å². The third kappa shape index (κ3) is 80.7. The van der Waals surface area contributed by atoms with Crippen molar-refractivity contribution in [3.8, 4) is 0 Å². The molecule has 6 atom stereocenters. The van der Waals surface area contributed by atoms with Crippen molar-refractivity contribution in [2.24, 2.45) is 5.92 Å². The lowest BCUT2D eigenvalue weighted by atomic mass is 9.99. The molecule has 0 spiro atoms. The molecule has 642 valence electrons. The second-order valence-corrected chi connectivity index (χ2v) is 35.1. The summed E-state index contributed by atoms with van der Waals surface area (Å²) < 4.78 is 69.0. The standard InChI is InChI=1S/C89H174O17P2/c1-6-10-13-16-19-22-25-28-29-30-31-32-36-39-44-48-53-58-63-68-73-87(92)100-79-85(106-89(94)75-70-65-60-55-50-45-40-37-34-33-35-38-43-46-51-56-61-66-71-82(5)9-4)81-104-108(97,98)102-77-83(90)76-101-107(95,96)103-80-84(105-88(93)74-69-64-59-54-49-42-27-24-21-18-15-12-8-3)78-99-86(91)72-67-62-57-52-47-41-26-23-20-17-14-11-7-2/h82-85,90H,6-81H2,1-5H3,(H,95,96)(H,97,98)/t82?,83-,84+,85+/m0/s1. The van der Waals surface area contributed by atoms with E-state index in [-0.39, 0.29) is 25.7 Å². The van der Waals surface area contributed by atoms with Crippen LogP contribution in [0.4, 0.5) is 0 Å². The molecule has 0 aromatic carbocycles. The minimum absolute atomic E-state index is 0.109. The number of carbonyl (C=O) groups is 4. The van der Waals surface area contributed by atoms with Crippen molar-refractivity contribution < 1.29 is 80.2 Å². The number of hydrogen-bond donors (Lipinski definition) is 3. The molecule has 0 heterocycles. The van der Waals surface area contributed by atoms with Crippen LogP contribution in [0.2, 0.25) is 0 Å². The Kier molecular flexibility index (Phi) is 80.2. The predicted octanol–water partition coefficient (Wildman–Crippen LogP) is 27.5. The summed E-state index contributed by atoms with van der Waals surface area (Å²) >= 11 is 0. The number of ether oxygens (including phenoxy) is 4. The second kappa shape index (κ2) is 81.6. The number of esters is 4. The lowest BCUT2D eigenvalue weighted by Gasteiger charge is -2.21. The van der Waals surface area contributed by atoms with Gasteiger partial charge in [-0.3, -0.25) is 37.3 Å². The maximum Gasteiger partial charge on any atom is 0.472 e. The van der Waals surface area contributed by atoms with E-state index in [0.717, 1.165) is 95.8 Å². The largest absolute Gasteiger partial charge is 0.472 e. The van der Waals surface area contributed by atoms with E-state index in [2.05, 4.69) is 34.6 Å². The van der Waals surface area contributed by atoms with Gasteiger partial charge in [0.05, 0.1) is 26.4 Å². The molecule has 17 nitrogen and oxygen atoms in total. The Bertz CT molecular complexity index is 2050. The van der Waals surface area contributed by atoms with E-state index < -0.39 is 97.5 Å².